The lowest BCUT2D eigenvalue weighted by Crippen LogP contribution is -2.14. The molecule has 5 nitrogen and oxygen atoms in total. The van der Waals surface area contributed by atoms with Crippen LogP contribution in [0.3, 0.4) is 0 Å². The van der Waals surface area contributed by atoms with Gasteiger partial charge in [-0.3, -0.25) is 4.72 Å². The third kappa shape index (κ3) is 3.74. The molecule has 0 bridgehead atoms. The summed E-state index contributed by atoms with van der Waals surface area (Å²) in [4.78, 5) is 11.3. The van der Waals surface area contributed by atoms with E-state index in [9.17, 15) is 13.2 Å². The largest absolute Gasteiger partial charge is 0.423 e. The monoisotopic (exact) mass is 357 g/mol. The van der Waals surface area contributed by atoms with Crippen molar-refractivity contribution >= 4 is 26.7 Å². The number of sulfonamides is 1. The molecule has 2 aromatic carbocycles. The van der Waals surface area contributed by atoms with E-state index in [1.165, 1.54) is 30.3 Å². The van der Waals surface area contributed by atoms with E-state index in [4.69, 9.17) is 4.42 Å². The summed E-state index contributed by atoms with van der Waals surface area (Å²) in [6.07, 6.45) is 0. The van der Waals surface area contributed by atoms with E-state index in [2.05, 4.69) is 25.5 Å². The minimum absolute atomic E-state index is 0.000330. The third-order valence-electron chi connectivity index (χ3n) is 3.90. The maximum Gasteiger partial charge on any atom is 0.336 e. The molecule has 1 heterocycles. The molecule has 0 aliphatic heterocycles. The molecule has 6 heteroatoms. The van der Waals surface area contributed by atoms with Gasteiger partial charge in [-0.1, -0.05) is 32.9 Å². The molecule has 0 spiro atoms. The van der Waals surface area contributed by atoms with Crippen LogP contribution in [0.15, 0.2) is 68.7 Å². The van der Waals surface area contributed by atoms with Gasteiger partial charge in [0.2, 0.25) is 0 Å². The van der Waals surface area contributed by atoms with E-state index in [-0.39, 0.29) is 10.3 Å². The fraction of sp³-hybridized carbons (Fsp3) is 0.211. The number of anilines is 1. The van der Waals surface area contributed by atoms with Crippen molar-refractivity contribution in [2.45, 2.75) is 31.1 Å². The second-order valence-corrected chi connectivity index (χ2v) is 8.57. The maximum atomic E-state index is 12.6. The highest BCUT2D eigenvalue weighted by atomic mass is 32.2. The van der Waals surface area contributed by atoms with Gasteiger partial charge in [-0.15, -0.1) is 0 Å². The first kappa shape index (κ1) is 17.2. The van der Waals surface area contributed by atoms with Crippen LogP contribution < -0.4 is 10.3 Å². The number of fused-ring (bicyclic) bond motifs is 1. The molecule has 1 N–H and O–H groups in total. The maximum absolute atomic E-state index is 12.6. The fourth-order valence-corrected chi connectivity index (χ4v) is 3.56. The second kappa shape index (κ2) is 6.04. The Labute approximate surface area is 146 Å². The Hall–Kier alpha value is -2.60. The number of benzene rings is 2. The van der Waals surface area contributed by atoms with Gasteiger partial charge in [-0.05, 0) is 47.4 Å². The Kier molecular flexibility index (Phi) is 4.16. The van der Waals surface area contributed by atoms with Gasteiger partial charge in [0.05, 0.1) is 4.90 Å². The van der Waals surface area contributed by atoms with Crippen LogP contribution in [0.25, 0.3) is 11.0 Å². The van der Waals surface area contributed by atoms with Gasteiger partial charge in [-0.25, -0.2) is 13.2 Å². The van der Waals surface area contributed by atoms with Crippen molar-refractivity contribution < 1.29 is 12.8 Å². The summed E-state index contributed by atoms with van der Waals surface area (Å²) in [5.74, 6) is 0. The first-order valence-electron chi connectivity index (χ1n) is 7.82. The molecule has 0 amide bonds. The summed E-state index contributed by atoms with van der Waals surface area (Å²) in [6, 6.07) is 14.5. The van der Waals surface area contributed by atoms with Gasteiger partial charge in [0, 0.05) is 17.1 Å². The van der Waals surface area contributed by atoms with Gasteiger partial charge in [0.15, 0.2) is 0 Å². The Balaban J connectivity index is 1.91. The van der Waals surface area contributed by atoms with Gasteiger partial charge in [0.25, 0.3) is 10.0 Å². The quantitative estimate of drug-likeness (QED) is 0.722. The molecule has 0 atom stereocenters. The zero-order valence-corrected chi connectivity index (χ0v) is 15.1. The highest BCUT2D eigenvalue weighted by Gasteiger charge is 2.17. The molecule has 0 saturated heterocycles. The van der Waals surface area contributed by atoms with Crippen molar-refractivity contribution in [3.63, 3.8) is 0 Å². The summed E-state index contributed by atoms with van der Waals surface area (Å²) in [7, 11) is -3.73. The normalized spacial score (nSPS) is 12.3. The fourth-order valence-electron chi connectivity index (χ4n) is 2.47. The van der Waals surface area contributed by atoms with Crippen LogP contribution in [-0.2, 0) is 15.4 Å². The van der Waals surface area contributed by atoms with Crippen LogP contribution >= 0.6 is 0 Å². The Bertz CT molecular complexity index is 1070. The first-order valence-corrected chi connectivity index (χ1v) is 9.31. The average molecular weight is 357 g/mol. The first-order chi connectivity index (χ1) is 11.6. The number of rotatable bonds is 3. The molecule has 130 valence electrons. The minimum Gasteiger partial charge on any atom is -0.423 e. The van der Waals surface area contributed by atoms with Crippen LogP contribution in [0.1, 0.15) is 26.3 Å². The Morgan fingerprint density at radius 2 is 1.60 bits per heavy atom. The molecule has 0 aliphatic carbocycles. The topological polar surface area (TPSA) is 76.4 Å². The molecule has 3 aromatic rings. The molecule has 0 saturated carbocycles. The van der Waals surface area contributed by atoms with Crippen molar-refractivity contribution in [3.05, 3.63) is 70.6 Å². The highest BCUT2D eigenvalue weighted by molar-refractivity contribution is 7.92. The van der Waals surface area contributed by atoms with E-state index in [0.29, 0.717) is 16.7 Å². The minimum atomic E-state index is -3.73. The van der Waals surface area contributed by atoms with Crippen LogP contribution in [0.5, 0.6) is 0 Å². The molecule has 3 rings (SSSR count). The van der Waals surface area contributed by atoms with Crippen molar-refractivity contribution in [3.8, 4) is 0 Å². The van der Waals surface area contributed by atoms with Crippen molar-refractivity contribution in [1.29, 1.82) is 0 Å². The lowest BCUT2D eigenvalue weighted by Gasteiger charge is -2.19. The van der Waals surface area contributed by atoms with E-state index < -0.39 is 15.6 Å². The molecular formula is C19H19NO4S. The third-order valence-corrected chi connectivity index (χ3v) is 5.28. The summed E-state index contributed by atoms with van der Waals surface area (Å²) < 4.78 is 32.8. The predicted octanol–water partition coefficient (Wildman–Crippen LogP) is 3.89. The second-order valence-electron chi connectivity index (χ2n) is 6.89. The van der Waals surface area contributed by atoms with Gasteiger partial charge in [0.1, 0.15) is 5.58 Å². The SMILES string of the molecule is CC(C)(C)c1ccc(NS(=O)(=O)c2ccc3oc(=O)ccc3c2)cc1. The molecule has 0 radical (unpaired) electrons. The number of hydrogen-bond donors (Lipinski definition) is 1. The number of hydrogen-bond acceptors (Lipinski definition) is 4. The van der Waals surface area contributed by atoms with Gasteiger partial charge < -0.3 is 4.42 Å². The summed E-state index contributed by atoms with van der Waals surface area (Å²) in [5, 5.41) is 0.547. The van der Waals surface area contributed by atoms with Crippen LogP contribution in [-0.4, -0.2) is 8.42 Å². The Morgan fingerprint density at radius 1 is 0.920 bits per heavy atom. The lowest BCUT2D eigenvalue weighted by molar-refractivity contribution is 0.560. The van der Waals surface area contributed by atoms with Crippen molar-refractivity contribution in [1.82, 2.24) is 0 Å². The lowest BCUT2D eigenvalue weighted by atomic mass is 9.87. The summed E-state index contributed by atoms with van der Waals surface area (Å²) in [6.45, 7) is 6.29. The van der Waals surface area contributed by atoms with E-state index in [1.807, 2.05) is 12.1 Å². The Morgan fingerprint density at radius 3 is 2.24 bits per heavy atom. The highest BCUT2D eigenvalue weighted by Crippen LogP contribution is 2.25. The molecule has 0 aliphatic rings. The zero-order valence-electron chi connectivity index (χ0n) is 14.2. The average Bonchev–Trinajstić information content (AvgIpc) is 2.53. The van der Waals surface area contributed by atoms with E-state index in [1.54, 1.807) is 12.1 Å². The van der Waals surface area contributed by atoms with Crippen LogP contribution in [0.2, 0.25) is 0 Å². The van der Waals surface area contributed by atoms with Crippen molar-refractivity contribution in [2.24, 2.45) is 0 Å². The molecule has 25 heavy (non-hydrogen) atoms. The molecule has 1 aromatic heterocycles. The number of nitrogens with one attached hydrogen (secondary N) is 1. The molecular weight excluding hydrogens is 338 g/mol. The predicted molar refractivity (Wildman–Crippen MR) is 98.4 cm³/mol. The molecule has 0 fully saturated rings. The standard InChI is InChI=1S/C19H19NO4S/c1-19(2,3)14-5-7-15(8-6-14)20-25(22,23)16-9-10-17-13(12-16)4-11-18(21)24-17/h4-12,20H,1-3H3. The summed E-state index contributed by atoms with van der Waals surface area (Å²) in [5.41, 5.74) is 1.49. The van der Waals surface area contributed by atoms with Crippen LogP contribution in [0.4, 0.5) is 5.69 Å². The van der Waals surface area contributed by atoms with Gasteiger partial charge in [-0.2, -0.15) is 0 Å². The van der Waals surface area contributed by atoms with Gasteiger partial charge >= 0.3 is 5.63 Å². The van der Waals surface area contributed by atoms with Crippen molar-refractivity contribution in [2.75, 3.05) is 4.72 Å². The van der Waals surface area contributed by atoms with E-state index >= 15 is 0 Å². The summed E-state index contributed by atoms with van der Waals surface area (Å²) >= 11 is 0. The smallest absolute Gasteiger partial charge is 0.336 e. The van der Waals surface area contributed by atoms with E-state index in [0.717, 1.165) is 5.56 Å². The molecule has 0 unspecified atom stereocenters. The zero-order chi connectivity index (χ0) is 18.2. The van der Waals surface area contributed by atoms with Crippen LogP contribution in [0, 0.1) is 0 Å².